The highest BCUT2D eigenvalue weighted by Crippen LogP contribution is 2.34. The van der Waals surface area contributed by atoms with E-state index in [0.717, 1.165) is 11.1 Å². The SMILES string of the molecule is Cc1ccc(C(=O)c2cn(Cc3ccccc3F)c3cc4c(cc3c2=O)OCCO4)cc1C. The third-order valence-electron chi connectivity index (χ3n) is 6.06. The van der Waals surface area contributed by atoms with Gasteiger partial charge in [-0.3, -0.25) is 9.59 Å². The van der Waals surface area contributed by atoms with Gasteiger partial charge in [-0.2, -0.15) is 0 Å². The van der Waals surface area contributed by atoms with Gasteiger partial charge >= 0.3 is 0 Å². The number of nitrogens with zero attached hydrogens (tertiary/aromatic N) is 1. The van der Waals surface area contributed by atoms with E-state index in [0.29, 0.717) is 46.7 Å². The monoisotopic (exact) mass is 443 g/mol. The smallest absolute Gasteiger partial charge is 0.200 e. The Balaban J connectivity index is 1.73. The van der Waals surface area contributed by atoms with E-state index in [-0.39, 0.29) is 23.7 Å². The first-order valence-electron chi connectivity index (χ1n) is 10.7. The molecule has 5 rings (SSSR count). The molecule has 0 radical (unpaired) electrons. The molecule has 0 saturated carbocycles. The molecule has 0 spiro atoms. The van der Waals surface area contributed by atoms with Crippen molar-refractivity contribution in [1.82, 2.24) is 4.57 Å². The number of pyridine rings is 1. The molecule has 4 aromatic rings. The van der Waals surface area contributed by atoms with Gasteiger partial charge in [0, 0.05) is 23.4 Å². The molecule has 0 atom stereocenters. The van der Waals surface area contributed by atoms with Crippen LogP contribution in [0.15, 0.2) is 65.6 Å². The lowest BCUT2D eigenvalue weighted by Gasteiger charge is -2.21. The fraction of sp³-hybridized carbons (Fsp3) is 0.185. The number of hydrogen-bond donors (Lipinski definition) is 0. The molecule has 166 valence electrons. The second kappa shape index (κ2) is 8.20. The molecule has 0 aliphatic carbocycles. The Kier molecular flexibility index (Phi) is 5.21. The molecule has 2 heterocycles. The van der Waals surface area contributed by atoms with Crippen LogP contribution in [0.4, 0.5) is 4.39 Å². The minimum absolute atomic E-state index is 0.0266. The number of rotatable bonds is 4. The number of hydrogen-bond acceptors (Lipinski definition) is 4. The molecule has 0 amide bonds. The maximum absolute atomic E-state index is 14.4. The Morgan fingerprint density at radius 2 is 1.70 bits per heavy atom. The first-order valence-corrected chi connectivity index (χ1v) is 10.7. The Hall–Kier alpha value is -3.93. The highest BCUT2D eigenvalue weighted by atomic mass is 19.1. The zero-order valence-electron chi connectivity index (χ0n) is 18.4. The molecule has 6 heteroatoms. The highest BCUT2D eigenvalue weighted by Gasteiger charge is 2.21. The van der Waals surface area contributed by atoms with Gasteiger partial charge in [0.1, 0.15) is 19.0 Å². The first kappa shape index (κ1) is 20.9. The molecule has 1 aliphatic rings. The van der Waals surface area contributed by atoms with Crippen LogP contribution in [-0.4, -0.2) is 23.6 Å². The molecule has 1 aromatic heterocycles. The fourth-order valence-corrected chi connectivity index (χ4v) is 4.07. The Morgan fingerprint density at radius 3 is 2.42 bits per heavy atom. The van der Waals surface area contributed by atoms with Crippen LogP contribution in [0.1, 0.15) is 32.6 Å². The second-order valence-electron chi connectivity index (χ2n) is 8.23. The van der Waals surface area contributed by atoms with Crippen LogP contribution >= 0.6 is 0 Å². The number of ketones is 1. The van der Waals surface area contributed by atoms with E-state index >= 15 is 0 Å². The van der Waals surface area contributed by atoms with Crippen molar-refractivity contribution < 1.29 is 18.7 Å². The third kappa shape index (κ3) is 3.78. The molecule has 0 bridgehead atoms. The number of carbonyl (C=O) groups excluding carboxylic acids is 1. The van der Waals surface area contributed by atoms with Gasteiger partial charge in [-0.25, -0.2) is 4.39 Å². The summed E-state index contributed by atoms with van der Waals surface area (Å²) >= 11 is 0. The number of aryl methyl sites for hydroxylation is 2. The van der Waals surface area contributed by atoms with Crippen LogP contribution in [0.25, 0.3) is 10.9 Å². The normalized spacial score (nSPS) is 12.7. The summed E-state index contributed by atoms with van der Waals surface area (Å²) in [5, 5.41) is 0.324. The molecule has 33 heavy (non-hydrogen) atoms. The summed E-state index contributed by atoms with van der Waals surface area (Å²) in [4.78, 5) is 26.8. The highest BCUT2D eigenvalue weighted by molar-refractivity contribution is 6.10. The van der Waals surface area contributed by atoms with E-state index in [1.807, 2.05) is 19.9 Å². The minimum atomic E-state index is -0.394. The second-order valence-corrected chi connectivity index (χ2v) is 8.23. The van der Waals surface area contributed by atoms with Gasteiger partial charge in [-0.1, -0.05) is 30.3 Å². The predicted octanol–water partition coefficient (Wildman–Crippen LogP) is 4.81. The van der Waals surface area contributed by atoms with Gasteiger partial charge in [0.15, 0.2) is 17.3 Å². The van der Waals surface area contributed by atoms with E-state index in [1.165, 1.54) is 12.3 Å². The van der Waals surface area contributed by atoms with Crippen LogP contribution in [0, 0.1) is 19.7 Å². The van der Waals surface area contributed by atoms with Crippen LogP contribution in [-0.2, 0) is 6.54 Å². The number of halogens is 1. The van der Waals surface area contributed by atoms with Gasteiger partial charge in [-0.15, -0.1) is 0 Å². The minimum Gasteiger partial charge on any atom is -0.486 e. The number of aromatic nitrogens is 1. The quantitative estimate of drug-likeness (QED) is 0.425. The molecule has 0 fully saturated rings. The summed E-state index contributed by atoms with van der Waals surface area (Å²) in [6.07, 6.45) is 1.52. The van der Waals surface area contributed by atoms with Gasteiger partial charge in [0.2, 0.25) is 5.43 Å². The molecular weight excluding hydrogens is 421 g/mol. The van der Waals surface area contributed by atoms with E-state index < -0.39 is 5.43 Å². The zero-order valence-corrected chi connectivity index (χ0v) is 18.4. The van der Waals surface area contributed by atoms with E-state index in [1.54, 1.807) is 47.0 Å². The molecule has 3 aromatic carbocycles. The summed E-state index contributed by atoms with van der Waals surface area (Å²) < 4.78 is 27.5. The van der Waals surface area contributed by atoms with Crippen LogP contribution < -0.4 is 14.9 Å². The Labute approximate surface area is 190 Å². The van der Waals surface area contributed by atoms with Crippen molar-refractivity contribution in [2.24, 2.45) is 0 Å². The number of ether oxygens (including phenoxy) is 2. The zero-order chi connectivity index (χ0) is 23.1. The maximum atomic E-state index is 14.4. The summed E-state index contributed by atoms with van der Waals surface area (Å²) in [7, 11) is 0. The van der Waals surface area contributed by atoms with Crippen molar-refractivity contribution >= 4 is 16.7 Å². The van der Waals surface area contributed by atoms with Crippen molar-refractivity contribution in [3.8, 4) is 11.5 Å². The summed E-state index contributed by atoms with van der Waals surface area (Å²) in [6, 6.07) is 15.1. The topological polar surface area (TPSA) is 57.5 Å². The van der Waals surface area contributed by atoms with Gasteiger partial charge < -0.3 is 14.0 Å². The molecule has 5 nitrogen and oxygen atoms in total. The third-order valence-corrected chi connectivity index (χ3v) is 6.06. The summed E-state index contributed by atoms with van der Waals surface area (Å²) in [5.74, 6) is 0.244. The average molecular weight is 443 g/mol. The molecular formula is C27H22FNO4. The summed E-state index contributed by atoms with van der Waals surface area (Å²) in [6.45, 7) is 4.82. The van der Waals surface area contributed by atoms with Crippen molar-refractivity contribution in [2.45, 2.75) is 20.4 Å². The van der Waals surface area contributed by atoms with Crippen molar-refractivity contribution in [1.29, 1.82) is 0 Å². The maximum Gasteiger partial charge on any atom is 0.200 e. The van der Waals surface area contributed by atoms with Gasteiger partial charge in [0.05, 0.1) is 23.0 Å². The lowest BCUT2D eigenvalue weighted by molar-refractivity contribution is 0.103. The van der Waals surface area contributed by atoms with Crippen LogP contribution in [0.3, 0.4) is 0 Å². The summed E-state index contributed by atoms with van der Waals surface area (Å²) in [5.41, 5.74) is 3.09. The van der Waals surface area contributed by atoms with Crippen LogP contribution in [0.2, 0.25) is 0 Å². The standard InChI is InChI=1S/C27H22FNO4/c1-16-7-8-18(11-17(16)2)26(30)21-15-29(14-19-5-3-4-6-22(19)28)23-13-25-24(32-9-10-33-25)12-20(23)27(21)31/h3-8,11-13,15H,9-10,14H2,1-2H3. The van der Waals surface area contributed by atoms with Gasteiger partial charge in [0.25, 0.3) is 0 Å². The van der Waals surface area contributed by atoms with Gasteiger partial charge in [-0.05, 0) is 43.2 Å². The molecule has 1 aliphatic heterocycles. The number of carbonyl (C=O) groups is 1. The average Bonchev–Trinajstić information content (AvgIpc) is 2.82. The van der Waals surface area contributed by atoms with Crippen molar-refractivity contribution in [3.63, 3.8) is 0 Å². The Bertz CT molecular complexity index is 1470. The van der Waals surface area contributed by atoms with E-state index in [2.05, 4.69) is 0 Å². The lowest BCUT2D eigenvalue weighted by Crippen LogP contribution is -2.22. The number of fused-ring (bicyclic) bond motifs is 2. The van der Waals surface area contributed by atoms with Crippen LogP contribution in [0.5, 0.6) is 11.5 Å². The fourth-order valence-electron chi connectivity index (χ4n) is 4.07. The predicted molar refractivity (Wildman–Crippen MR) is 124 cm³/mol. The van der Waals surface area contributed by atoms with E-state index in [4.69, 9.17) is 9.47 Å². The van der Waals surface area contributed by atoms with Crippen molar-refractivity contribution in [3.05, 3.63) is 105 Å². The molecule has 0 unspecified atom stereocenters. The number of benzene rings is 3. The lowest BCUT2D eigenvalue weighted by atomic mass is 9.98. The van der Waals surface area contributed by atoms with E-state index in [9.17, 15) is 14.0 Å². The first-order chi connectivity index (χ1) is 15.9. The largest absolute Gasteiger partial charge is 0.486 e. The Morgan fingerprint density at radius 1 is 0.970 bits per heavy atom. The van der Waals surface area contributed by atoms with Crippen molar-refractivity contribution in [2.75, 3.05) is 13.2 Å². The molecule has 0 N–H and O–H groups in total. The molecule has 0 saturated heterocycles.